The quantitative estimate of drug-likeness (QED) is 0.690. The van der Waals surface area contributed by atoms with Crippen molar-refractivity contribution >= 4 is 27.5 Å². The minimum absolute atomic E-state index is 0.0535. The van der Waals surface area contributed by atoms with Crippen LogP contribution in [0, 0.1) is 0 Å². The highest BCUT2D eigenvalue weighted by molar-refractivity contribution is 7.89. The van der Waals surface area contributed by atoms with E-state index < -0.39 is 15.9 Å². The summed E-state index contributed by atoms with van der Waals surface area (Å²) in [5, 5.41) is 3.21. The number of ether oxygens (including phenoxy) is 2. The van der Waals surface area contributed by atoms with Crippen molar-refractivity contribution in [3.05, 3.63) is 64.7 Å². The fourth-order valence-electron chi connectivity index (χ4n) is 4.24. The molecule has 7 nitrogen and oxygen atoms in total. The van der Waals surface area contributed by atoms with Gasteiger partial charge in [-0.05, 0) is 36.6 Å². The Morgan fingerprint density at radius 2 is 1.66 bits per heavy atom. The van der Waals surface area contributed by atoms with E-state index in [4.69, 9.17) is 21.1 Å². The van der Waals surface area contributed by atoms with Crippen molar-refractivity contribution in [2.75, 3.05) is 46.1 Å². The molecule has 2 fully saturated rings. The summed E-state index contributed by atoms with van der Waals surface area (Å²) in [7, 11) is -3.73. The van der Waals surface area contributed by atoms with Crippen LogP contribution in [-0.4, -0.2) is 64.7 Å². The number of nitrogens with zero attached hydrogens (tertiary/aromatic N) is 1. The number of carbonyl (C=O) groups excluding carboxylic acids is 1. The summed E-state index contributed by atoms with van der Waals surface area (Å²) in [5.41, 5.74) is 1.06. The van der Waals surface area contributed by atoms with Gasteiger partial charge in [0, 0.05) is 38.3 Å². The number of morpholine rings is 1. The minimum Gasteiger partial charge on any atom is -0.381 e. The van der Waals surface area contributed by atoms with Gasteiger partial charge in [-0.3, -0.25) is 4.79 Å². The first-order valence-electron chi connectivity index (χ1n) is 10.7. The van der Waals surface area contributed by atoms with Crippen molar-refractivity contribution in [1.29, 1.82) is 0 Å². The number of halogens is 1. The molecule has 2 aliphatic heterocycles. The Hall–Kier alpha value is -1.97. The van der Waals surface area contributed by atoms with E-state index in [0.717, 1.165) is 18.4 Å². The van der Waals surface area contributed by atoms with Crippen LogP contribution in [0.2, 0.25) is 5.02 Å². The van der Waals surface area contributed by atoms with Crippen LogP contribution in [-0.2, 0) is 24.9 Å². The second-order valence-electron chi connectivity index (χ2n) is 8.10. The molecule has 0 aliphatic carbocycles. The third-order valence-electron chi connectivity index (χ3n) is 6.21. The van der Waals surface area contributed by atoms with Gasteiger partial charge >= 0.3 is 0 Å². The molecule has 0 atom stereocenters. The maximum Gasteiger partial charge on any atom is 0.252 e. The Labute approximate surface area is 193 Å². The molecule has 4 rings (SSSR count). The Bertz CT molecular complexity index is 1050. The lowest BCUT2D eigenvalue weighted by Crippen LogP contribution is -2.44. The SMILES string of the molecule is O=C(NCC1(c2ccccc2)CCOCC1)c1cc(S(=O)(=O)N2CCOCC2)ccc1Cl. The van der Waals surface area contributed by atoms with Crippen LogP contribution in [0.1, 0.15) is 28.8 Å². The molecule has 0 aromatic heterocycles. The van der Waals surface area contributed by atoms with E-state index in [0.29, 0.717) is 33.0 Å². The van der Waals surface area contributed by atoms with Gasteiger partial charge in [0.1, 0.15) is 0 Å². The van der Waals surface area contributed by atoms with Crippen molar-refractivity contribution in [1.82, 2.24) is 9.62 Å². The molecule has 1 N–H and O–H groups in total. The zero-order valence-corrected chi connectivity index (χ0v) is 19.3. The van der Waals surface area contributed by atoms with Crippen molar-refractivity contribution in [2.45, 2.75) is 23.2 Å². The zero-order chi connectivity index (χ0) is 22.6. The summed E-state index contributed by atoms with van der Waals surface area (Å²) in [5.74, 6) is -0.393. The summed E-state index contributed by atoms with van der Waals surface area (Å²) >= 11 is 6.29. The molecule has 32 heavy (non-hydrogen) atoms. The molecule has 1 amide bonds. The highest BCUT2D eigenvalue weighted by atomic mass is 35.5. The standard InChI is InChI=1S/C23H27ClN2O5S/c24-21-7-6-19(32(28,29)26-10-14-31-15-11-26)16-20(21)22(27)25-17-23(8-12-30-13-9-23)18-4-2-1-3-5-18/h1-7,16H,8-15,17H2,(H,25,27). The Kier molecular flexibility index (Phi) is 7.17. The lowest BCUT2D eigenvalue weighted by atomic mass is 9.74. The van der Waals surface area contributed by atoms with E-state index in [9.17, 15) is 13.2 Å². The number of amides is 1. The second kappa shape index (κ2) is 9.89. The van der Waals surface area contributed by atoms with Crippen molar-refractivity contribution in [3.63, 3.8) is 0 Å². The molecule has 2 aromatic carbocycles. The third kappa shape index (κ3) is 4.84. The van der Waals surface area contributed by atoms with E-state index >= 15 is 0 Å². The van der Waals surface area contributed by atoms with Crippen LogP contribution >= 0.6 is 11.6 Å². The lowest BCUT2D eigenvalue weighted by Gasteiger charge is -2.38. The molecule has 0 saturated carbocycles. The number of hydrogen-bond donors (Lipinski definition) is 1. The summed E-state index contributed by atoms with van der Waals surface area (Å²) in [4.78, 5) is 13.1. The molecule has 2 heterocycles. The van der Waals surface area contributed by atoms with Crippen LogP contribution in [0.3, 0.4) is 0 Å². The molecule has 172 valence electrons. The van der Waals surface area contributed by atoms with Gasteiger partial charge in [0.25, 0.3) is 5.91 Å². The molecule has 2 aliphatic rings. The summed E-state index contributed by atoms with van der Waals surface area (Å²) in [6.07, 6.45) is 1.58. The molecule has 2 aromatic rings. The van der Waals surface area contributed by atoms with E-state index in [1.54, 1.807) is 0 Å². The van der Waals surface area contributed by atoms with Gasteiger partial charge in [0.15, 0.2) is 0 Å². The largest absolute Gasteiger partial charge is 0.381 e. The average Bonchev–Trinajstić information content (AvgIpc) is 2.84. The molecular weight excluding hydrogens is 452 g/mol. The van der Waals surface area contributed by atoms with Crippen LogP contribution < -0.4 is 5.32 Å². The summed E-state index contributed by atoms with van der Waals surface area (Å²) in [6, 6.07) is 14.4. The average molecular weight is 479 g/mol. The van der Waals surface area contributed by atoms with Crippen LogP contribution in [0.25, 0.3) is 0 Å². The van der Waals surface area contributed by atoms with Gasteiger partial charge in [-0.2, -0.15) is 4.31 Å². The van der Waals surface area contributed by atoms with Crippen LogP contribution in [0.4, 0.5) is 0 Å². The van der Waals surface area contributed by atoms with E-state index in [2.05, 4.69) is 17.4 Å². The Balaban J connectivity index is 1.55. The first-order valence-corrected chi connectivity index (χ1v) is 12.5. The fraction of sp³-hybridized carbons (Fsp3) is 0.435. The highest BCUT2D eigenvalue weighted by Gasteiger charge is 2.35. The fourth-order valence-corrected chi connectivity index (χ4v) is 5.88. The monoisotopic (exact) mass is 478 g/mol. The molecular formula is C23H27ClN2O5S. The molecule has 0 unspecified atom stereocenters. The van der Waals surface area contributed by atoms with Crippen molar-refractivity contribution < 1.29 is 22.7 Å². The smallest absolute Gasteiger partial charge is 0.252 e. The summed E-state index contributed by atoms with van der Waals surface area (Å²) < 4.78 is 38.2. The minimum atomic E-state index is -3.73. The first kappa shape index (κ1) is 23.2. The number of hydrogen-bond acceptors (Lipinski definition) is 5. The highest BCUT2D eigenvalue weighted by Crippen LogP contribution is 2.34. The lowest BCUT2D eigenvalue weighted by molar-refractivity contribution is 0.0487. The van der Waals surface area contributed by atoms with Gasteiger partial charge in [-0.1, -0.05) is 41.9 Å². The first-order chi connectivity index (χ1) is 15.4. The van der Waals surface area contributed by atoms with Crippen molar-refractivity contribution in [3.8, 4) is 0 Å². The van der Waals surface area contributed by atoms with E-state index in [1.165, 1.54) is 22.5 Å². The molecule has 0 spiro atoms. The number of sulfonamides is 1. The Morgan fingerprint density at radius 1 is 1.00 bits per heavy atom. The van der Waals surface area contributed by atoms with Gasteiger partial charge in [-0.15, -0.1) is 0 Å². The molecule has 9 heteroatoms. The number of carbonyl (C=O) groups is 1. The van der Waals surface area contributed by atoms with Crippen LogP contribution in [0.5, 0.6) is 0 Å². The predicted octanol–water partition coefficient (Wildman–Crippen LogP) is 2.84. The second-order valence-corrected chi connectivity index (χ2v) is 10.4. The van der Waals surface area contributed by atoms with E-state index in [-0.39, 0.29) is 34.0 Å². The van der Waals surface area contributed by atoms with Gasteiger partial charge in [-0.25, -0.2) is 8.42 Å². The number of rotatable bonds is 6. The number of nitrogens with one attached hydrogen (secondary N) is 1. The predicted molar refractivity (Wildman–Crippen MR) is 122 cm³/mol. The maximum absolute atomic E-state index is 13.1. The Morgan fingerprint density at radius 3 is 2.34 bits per heavy atom. The van der Waals surface area contributed by atoms with Crippen LogP contribution in [0.15, 0.2) is 53.4 Å². The summed E-state index contributed by atoms with van der Waals surface area (Å²) in [6.45, 7) is 2.94. The van der Waals surface area contributed by atoms with Gasteiger partial charge in [0.2, 0.25) is 10.0 Å². The topological polar surface area (TPSA) is 84.9 Å². The molecule has 0 bridgehead atoms. The maximum atomic E-state index is 13.1. The van der Waals surface area contributed by atoms with Crippen molar-refractivity contribution in [2.24, 2.45) is 0 Å². The number of benzene rings is 2. The third-order valence-corrected chi connectivity index (χ3v) is 8.44. The van der Waals surface area contributed by atoms with Gasteiger partial charge < -0.3 is 14.8 Å². The van der Waals surface area contributed by atoms with E-state index in [1.807, 2.05) is 18.2 Å². The molecule has 2 saturated heterocycles. The normalized spacial score (nSPS) is 19.4. The molecule has 0 radical (unpaired) electrons. The van der Waals surface area contributed by atoms with Gasteiger partial charge in [0.05, 0.1) is 28.7 Å². The zero-order valence-electron chi connectivity index (χ0n) is 17.8.